The van der Waals surface area contributed by atoms with Crippen molar-refractivity contribution in [2.75, 3.05) is 5.32 Å². The predicted octanol–water partition coefficient (Wildman–Crippen LogP) is 1.99. The highest BCUT2D eigenvalue weighted by molar-refractivity contribution is 6.07. The first-order valence-corrected chi connectivity index (χ1v) is 7.32. The van der Waals surface area contributed by atoms with Gasteiger partial charge in [-0.15, -0.1) is 0 Å². The number of carbonyl (C=O) groups excluding carboxylic acids is 2. The molecule has 0 spiro atoms. The van der Waals surface area contributed by atoms with Gasteiger partial charge in [0, 0.05) is 18.6 Å². The van der Waals surface area contributed by atoms with E-state index < -0.39 is 5.91 Å². The van der Waals surface area contributed by atoms with Crippen molar-refractivity contribution in [1.82, 2.24) is 20.3 Å². The molecule has 7 heteroatoms. The Morgan fingerprint density at radius 2 is 1.79 bits per heavy atom. The van der Waals surface area contributed by atoms with E-state index in [1.807, 2.05) is 18.2 Å². The molecule has 0 aliphatic heterocycles. The molecule has 0 aliphatic carbocycles. The van der Waals surface area contributed by atoms with Crippen LogP contribution >= 0.6 is 0 Å². The molecule has 3 aromatic rings. The van der Waals surface area contributed by atoms with Gasteiger partial charge in [-0.2, -0.15) is 0 Å². The number of hydrogen-bond acceptors (Lipinski definition) is 4. The number of H-pyrrole nitrogens is 1. The van der Waals surface area contributed by atoms with Crippen molar-refractivity contribution in [2.24, 2.45) is 0 Å². The summed E-state index contributed by atoms with van der Waals surface area (Å²) in [5.74, 6) is -0.528. The molecule has 0 saturated heterocycles. The summed E-state index contributed by atoms with van der Waals surface area (Å²) < 4.78 is 0. The van der Waals surface area contributed by atoms with Crippen LogP contribution in [0.2, 0.25) is 0 Å². The topological polar surface area (TPSA) is 99.8 Å². The van der Waals surface area contributed by atoms with E-state index in [9.17, 15) is 9.59 Å². The van der Waals surface area contributed by atoms with Crippen molar-refractivity contribution in [2.45, 2.75) is 6.54 Å². The average Bonchev–Trinajstić information content (AvgIpc) is 3.16. The second-order valence-electron chi connectivity index (χ2n) is 4.94. The van der Waals surface area contributed by atoms with Gasteiger partial charge >= 0.3 is 0 Å². The number of carbonyl (C=O) groups is 2. The largest absolute Gasteiger partial charge is 0.346 e. The van der Waals surface area contributed by atoms with Gasteiger partial charge in [0.1, 0.15) is 0 Å². The molecule has 7 nitrogen and oxygen atoms in total. The minimum atomic E-state index is -0.412. The van der Waals surface area contributed by atoms with E-state index in [0.717, 1.165) is 5.69 Å². The minimum absolute atomic E-state index is 0.179. The van der Waals surface area contributed by atoms with E-state index in [1.54, 1.807) is 36.7 Å². The monoisotopic (exact) mass is 321 g/mol. The molecule has 0 aliphatic rings. The van der Waals surface area contributed by atoms with E-state index in [4.69, 9.17) is 0 Å². The molecule has 0 radical (unpaired) electrons. The normalized spacial score (nSPS) is 10.2. The first-order valence-electron chi connectivity index (χ1n) is 7.32. The van der Waals surface area contributed by atoms with Gasteiger partial charge in [0.05, 0.1) is 23.5 Å². The smallest absolute Gasteiger partial charge is 0.291 e. The lowest BCUT2D eigenvalue weighted by molar-refractivity contribution is 0.0951. The SMILES string of the molecule is O=C(Nc1ccccc1C(=O)NCc1ccccn1)c1ncc[nH]1. The molecule has 0 fully saturated rings. The van der Waals surface area contributed by atoms with Gasteiger partial charge < -0.3 is 15.6 Å². The molecule has 1 aromatic carbocycles. The highest BCUT2D eigenvalue weighted by Crippen LogP contribution is 2.15. The Bertz CT molecular complexity index is 831. The molecule has 24 heavy (non-hydrogen) atoms. The van der Waals surface area contributed by atoms with Crippen LogP contribution in [0, 0.1) is 0 Å². The number of amides is 2. The third-order valence-corrected chi connectivity index (χ3v) is 3.29. The molecular formula is C17H15N5O2. The Labute approximate surface area is 138 Å². The second kappa shape index (κ2) is 7.19. The summed E-state index contributed by atoms with van der Waals surface area (Å²) in [7, 11) is 0. The quantitative estimate of drug-likeness (QED) is 0.669. The number of hydrogen-bond donors (Lipinski definition) is 3. The third-order valence-electron chi connectivity index (χ3n) is 3.29. The molecule has 0 saturated carbocycles. The van der Waals surface area contributed by atoms with Gasteiger partial charge in [-0.3, -0.25) is 14.6 Å². The van der Waals surface area contributed by atoms with Crippen molar-refractivity contribution in [3.63, 3.8) is 0 Å². The molecule has 3 N–H and O–H groups in total. The minimum Gasteiger partial charge on any atom is -0.346 e. The number of aromatic nitrogens is 3. The summed E-state index contributed by atoms with van der Waals surface area (Å²) >= 11 is 0. The number of pyridine rings is 1. The summed E-state index contributed by atoms with van der Waals surface area (Å²) in [5, 5.41) is 5.47. The maximum Gasteiger partial charge on any atom is 0.291 e. The number of aromatic amines is 1. The van der Waals surface area contributed by atoms with Crippen molar-refractivity contribution < 1.29 is 9.59 Å². The average molecular weight is 321 g/mol. The molecular weight excluding hydrogens is 306 g/mol. The summed E-state index contributed by atoms with van der Waals surface area (Å²) in [5.41, 5.74) is 1.54. The molecule has 0 atom stereocenters. The van der Waals surface area contributed by atoms with Crippen LogP contribution in [-0.4, -0.2) is 26.8 Å². The molecule has 2 amide bonds. The first kappa shape index (κ1) is 15.4. The van der Waals surface area contributed by atoms with Crippen molar-refractivity contribution in [3.05, 3.63) is 78.1 Å². The highest BCUT2D eigenvalue weighted by Gasteiger charge is 2.15. The van der Waals surface area contributed by atoms with Crippen LogP contribution in [0.4, 0.5) is 5.69 Å². The Morgan fingerprint density at radius 3 is 2.54 bits per heavy atom. The zero-order chi connectivity index (χ0) is 16.8. The standard InChI is InChI=1S/C17H15N5O2/c23-16(21-11-12-5-3-4-8-18-12)13-6-1-2-7-14(13)22-17(24)15-19-9-10-20-15/h1-10H,11H2,(H,19,20)(H,21,23)(H,22,24). The van der Waals surface area contributed by atoms with Gasteiger partial charge in [0.2, 0.25) is 0 Å². The van der Waals surface area contributed by atoms with Crippen LogP contribution in [0.15, 0.2) is 61.1 Å². The van der Waals surface area contributed by atoms with Gasteiger partial charge in [0.15, 0.2) is 5.82 Å². The fourth-order valence-corrected chi connectivity index (χ4v) is 2.13. The Kier molecular flexibility index (Phi) is 4.62. The summed E-state index contributed by atoms with van der Waals surface area (Å²) in [6, 6.07) is 12.3. The molecule has 120 valence electrons. The van der Waals surface area contributed by atoms with Crippen LogP contribution in [0.25, 0.3) is 0 Å². The fraction of sp³-hybridized carbons (Fsp3) is 0.0588. The Morgan fingerprint density at radius 1 is 0.958 bits per heavy atom. The maximum atomic E-state index is 12.4. The van der Waals surface area contributed by atoms with E-state index in [2.05, 4.69) is 25.6 Å². The third kappa shape index (κ3) is 3.64. The van der Waals surface area contributed by atoms with Crippen LogP contribution < -0.4 is 10.6 Å². The number of nitrogens with one attached hydrogen (secondary N) is 3. The Hall–Kier alpha value is -3.48. The molecule has 2 aromatic heterocycles. The summed E-state index contributed by atoms with van der Waals surface area (Å²) in [4.78, 5) is 35.2. The predicted molar refractivity (Wildman–Crippen MR) is 88.4 cm³/mol. The van der Waals surface area contributed by atoms with Crippen LogP contribution in [-0.2, 0) is 6.54 Å². The van der Waals surface area contributed by atoms with E-state index in [0.29, 0.717) is 17.8 Å². The van der Waals surface area contributed by atoms with Crippen molar-refractivity contribution in [1.29, 1.82) is 0 Å². The lowest BCUT2D eigenvalue weighted by Gasteiger charge is -2.10. The number of imidazole rings is 1. The number of anilines is 1. The van der Waals surface area contributed by atoms with Crippen LogP contribution in [0.3, 0.4) is 0 Å². The zero-order valence-corrected chi connectivity index (χ0v) is 12.7. The lowest BCUT2D eigenvalue weighted by atomic mass is 10.1. The van der Waals surface area contributed by atoms with Crippen molar-refractivity contribution in [3.8, 4) is 0 Å². The first-order chi connectivity index (χ1) is 11.7. The molecule has 0 unspecified atom stereocenters. The molecule has 3 rings (SSSR count). The van der Waals surface area contributed by atoms with Gasteiger partial charge in [-0.25, -0.2) is 4.98 Å². The van der Waals surface area contributed by atoms with Gasteiger partial charge in [-0.05, 0) is 24.3 Å². The number of benzene rings is 1. The van der Waals surface area contributed by atoms with Gasteiger partial charge in [0.25, 0.3) is 11.8 Å². The second-order valence-corrected chi connectivity index (χ2v) is 4.94. The summed E-state index contributed by atoms with van der Waals surface area (Å²) in [6.45, 7) is 0.306. The highest BCUT2D eigenvalue weighted by atomic mass is 16.2. The number of nitrogens with zero attached hydrogens (tertiary/aromatic N) is 2. The fourth-order valence-electron chi connectivity index (χ4n) is 2.13. The van der Waals surface area contributed by atoms with Gasteiger partial charge in [-0.1, -0.05) is 18.2 Å². The van der Waals surface area contributed by atoms with Crippen LogP contribution in [0.5, 0.6) is 0 Å². The number of para-hydroxylation sites is 1. The zero-order valence-electron chi connectivity index (χ0n) is 12.7. The molecule has 2 heterocycles. The molecule has 0 bridgehead atoms. The van der Waals surface area contributed by atoms with Crippen molar-refractivity contribution >= 4 is 17.5 Å². The Balaban J connectivity index is 1.71. The lowest BCUT2D eigenvalue weighted by Crippen LogP contribution is -2.25. The van der Waals surface area contributed by atoms with Crippen LogP contribution in [0.1, 0.15) is 26.7 Å². The summed E-state index contributed by atoms with van der Waals surface area (Å²) in [6.07, 6.45) is 4.71. The maximum absolute atomic E-state index is 12.4. The van der Waals surface area contributed by atoms with E-state index in [-0.39, 0.29) is 11.7 Å². The number of rotatable bonds is 5. The van der Waals surface area contributed by atoms with E-state index >= 15 is 0 Å². The van der Waals surface area contributed by atoms with E-state index in [1.165, 1.54) is 6.20 Å².